The smallest absolute Gasteiger partial charge is 0.226 e. The van der Waals surface area contributed by atoms with Gasteiger partial charge in [0.05, 0.1) is 12.1 Å². The first-order valence-electron chi connectivity index (χ1n) is 9.92. The third-order valence-electron chi connectivity index (χ3n) is 5.64. The molecule has 1 saturated heterocycles. The molecule has 1 aliphatic rings. The van der Waals surface area contributed by atoms with Crippen molar-refractivity contribution in [1.82, 2.24) is 15.0 Å². The Labute approximate surface area is 169 Å². The molecule has 1 amide bonds. The van der Waals surface area contributed by atoms with E-state index in [-0.39, 0.29) is 11.7 Å². The van der Waals surface area contributed by atoms with E-state index in [4.69, 9.17) is 4.52 Å². The van der Waals surface area contributed by atoms with Gasteiger partial charge < -0.3 is 9.42 Å². The quantitative estimate of drug-likeness (QED) is 0.657. The van der Waals surface area contributed by atoms with Gasteiger partial charge in [-0.1, -0.05) is 17.3 Å². The van der Waals surface area contributed by atoms with Crippen LogP contribution in [0.5, 0.6) is 0 Å². The van der Waals surface area contributed by atoms with Crippen LogP contribution < -0.4 is 0 Å². The van der Waals surface area contributed by atoms with Crippen LogP contribution in [0.1, 0.15) is 41.5 Å². The zero-order valence-electron chi connectivity index (χ0n) is 16.7. The van der Waals surface area contributed by atoms with Crippen molar-refractivity contribution in [2.24, 2.45) is 0 Å². The first kappa shape index (κ1) is 19.3. The average molecular weight is 393 g/mol. The molecule has 1 fully saturated rings. The van der Waals surface area contributed by atoms with Gasteiger partial charge in [0.25, 0.3) is 0 Å². The van der Waals surface area contributed by atoms with E-state index in [1.807, 2.05) is 31.0 Å². The van der Waals surface area contributed by atoms with E-state index in [1.54, 1.807) is 12.1 Å². The van der Waals surface area contributed by atoms with Crippen LogP contribution in [0.25, 0.3) is 11.1 Å². The molecular weight excluding hydrogens is 369 g/mol. The lowest BCUT2D eigenvalue weighted by Crippen LogP contribution is -2.38. The molecule has 4 rings (SSSR count). The maximum Gasteiger partial charge on any atom is 0.226 e. The van der Waals surface area contributed by atoms with E-state index in [0.717, 1.165) is 46.7 Å². The second-order valence-electron chi connectivity index (χ2n) is 7.63. The molecule has 6 heteroatoms. The Morgan fingerprint density at radius 2 is 1.90 bits per heavy atom. The second-order valence-corrected chi connectivity index (χ2v) is 7.63. The Morgan fingerprint density at radius 1 is 1.17 bits per heavy atom. The molecule has 150 valence electrons. The number of rotatable bonds is 4. The Morgan fingerprint density at radius 3 is 2.55 bits per heavy atom. The molecule has 0 N–H and O–H groups in total. The highest BCUT2D eigenvalue weighted by molar-refractivity contribution is 5.78. The molecule has 3 heterocycles. The van der Waals surface area contributed by atoms with Crippen molar-refractivity contribution < 1.29 is 13.7 Å². The lowest BCUT2D eigenvalue weighted by molar-refractivity contribution is -0.131. The first-order valence-corrected chi connectivity index (χ1v) is 9.92. The van der Waals surface area contributed by atoms with Gasteiger partial charge in [-0.3, -0.25) is 9.78 Å². The molecule has 29 heavy (non-hydrogen) atoms. The minimum atomic E-state index is -0.284. The van der Waals surface area contributed by atoms with Gasteiger partial charge in [0, 0.05) is 36.5 Å². The number of benzene rings is 1. The third-order valence-corrected chi connectivity index (χ3v) is 5.64. The SMILES string of the molecule is Cc1noc(C)c1-c1ccnc(C2CCN(C(=O)Cc3ccc(F)cc3)CC2)c1. The standard InChI is InChI=1S/C23H24FN3O2/c1-15-23(16(2)29-26-15)19-7-10-25-21(14-19)18-8-11-27(12-9-18)22(28)13-17-3-5-20(24)6-4-17/h3-7,10,14,18H,8-9,11-13H2,1-2H3. The minimum absolute atomic E-state index is 0.0903. The van der Waals surface area contributed by atoms with E-state index in [0.29, 0.717) is 25.4 Å². The highest BCUT2D eigenvalue weighted by atomic mass is 19.1. The molecule has 1 aliphatic heterocycles. The number of carbonyl (C=O) groups excluding carboxylic acids is 1. The summed E-state index contributed by atoms with van der Waals surface area (Å²) in [5, 5.41) is 4.04. The van der Waals surface area contributed by atoms with Crippen LogP contribution in [0.4, 0.5) is 4.39 Å². The number of pyridine rings is 1. The highest BCUT2D eigenvalue weighted by Gasteiger charge is 2.25. The number of aryl methyl sites for hydroxylation is 2. The van der Waals surface area contributed by atoms with Gasteiger partial charge in [-0.05, 0) is 62.1 Å². The lowest BCUT2D eigenvalue weighted by atomic mass is 9.91. The van der Waals surface area contributed by atoms with Crippen molar-refractivity contribution in [3.8, 4) is 11.1 Å². The van der Waals surface area contributed by atoms with Gasteiger partial charge in [0.15, 0.2) is 0 Å². The number of likely N-dealkylation sites (tertiary alicyclic amines) is 1. The fraction of sp³-hybridized carbons (Fsp3) is 0.348. The molecule has 3 aromatic rings. The number of nitrogens with zero attached hydrogens (tertiary/aromatic N) is 3. The molecule has 0 aliphatic carbocycles. The highest BCUT2D eigenvalue weighted by Crippen LogP contribution is 2.32. The van der Waals surface area contributed by atoms with E-state index >= 15 is 0 Å². The molecule has 1 aromatic carbocycles. The summed E-state index contributed by atoms with van der Waals surface area (Å²) in [7, 11) is 0. The van der Waals surface area contributed by atoms with Crippen molar-refractivity contribution in [3.63, 3.8) is 0 Å². The molecule has 0 atom stereocenters. The number of piperidine rings is 1. The molecule has 0 spiro atoms. The summed E-state index contributed by atoms with van der Waals surface area (Å²) in [4.78, 5) is 19.1. The minimum Gasteiger partial charge on any atom is -0.361 e. The third kappa shape index (κ3) is 4.21. The van der Waals surface area contributed by atoms with E-state index in [9.17, 15) is 9.18 Å². The summed E-state index contributed by atoms with van der Waals surface area (Å²) in [6.07, 6.45) is 3.91. The zero-order valence-corrected chi connectivity index (χ0v) is 16.7. The molecule has 0 saturated carbocycles. The fourth-order valence-corrected chi connectivity index (χ4v) is 4.04. The van der Waals surface area contributed by atoms with E-state index in [1.165, 1.54) is 12.1 Å². The first-order chi connectivity index (χ1) is 14.0. The molecule has 0 unspecified atom stereocenters. The number of amides is 1. The number of aromatic nitrogens is 2. The van der Waals surface area contributed by atoms with Crippen molar-refractivity contribution >= 4 is 5.91 Å². The monoisotopic (exact) mass is 393 g/mol. The van der Waals surface area contributed by atoms with E-state index in [2.05, 4.69) is 16.2 Å². The number of hydrogen-bond donors (Lipinski definition) is 0. The topological polar surface area (TPSA) is 59.2 Å². The Hall–Kier alpha value is -3.02. The van der Waals surface area contributed by atoms with Gasteiger partial charge in [0.2, 0.25) is 5.91 Å². The van der Waals surface area contributed by atoms with Crippen molar-refractivity contribution in [3.05, 3.63) is 71.1 Å². The van der Waals surface area contributed by atoms with Crippen molar-refractivity contribution in [2.45, 2.75) is 39.0 Å². The van der Waals surface area contributed by atoms with Crippen molar-refractivity contribution in [1.29, 1.82) is 0 Å². The average Bonchev–Trinajstić information content (AvgIpc) is 3.08. The van der Waals surface area contributed by atoms with Crippen LogP contribution in [0.3, 0.4) is 0 Å². The van der Waals surface area contributed by atoms with Gasteiger partial charge in [-0.15, -0.1) is 0 Å². The predicted molar refractivity (Wildman–Crippen MR) is 108 cm³/mol. The Kier molecular flexibility index (Phi) is 5.43. The van der Waals surface area contributed by atoms with Crippen LogP contribution in [-0.2, 0) is 11.2 Å². The van der Waals surface area contributed by atoms with Gasteiger partial charge in [-0.2, -0.15) is 0 Å². The largest absolute Gasteiger partial charge is 0.361 e. The number of halogens is 1. The van der Waals surface area contributed by atoms with Crippen LogP contribution in [0.15, 0.2) is 47.1 Å². The summed E-state index contributed by atoms with van der Waals surface area (Å²) < 4.78 is 18.3. The Bertz CT molecular complexity index is 986. The number of hydrogen-bond acceptors (Lipinski definition) is 4. The van der Waals surface area contributed by atoms with Crippen LogP contribution in [0, 0.1) is 19.7 Å². The van der Waals surface area contributed by atoms with Gasteiger partial charge in [-0.25, -0.2) is 4.39 Å². The van der Waals surface area contributed by atoms with Gasteiger partial charge in [0.1, 0.15) is 11.6 Å². The van der Waals surface area contributed by atoms with Crippen LogP contribution in [-0.4, -0.2) is 34.0 Å². The maximum absolute atomic E-state index is 13.0. The van der Waals surface area contributed by atoms with Crippen molar-refractivity contribution in [2.75, 3.05) is 13.1 Å². The summed E-state index contributed by atoms with van der Waals surface area (Å²) in [6.45, 7) is 5.28. The number of carbonyl (C=O) groups is 1. The molecule has 0 radical (unpaired) electrons. The van der Waals surface area contributed by atoms with Crippen LogP contribution in [0.2, 0.25) is 0 Å². The van der Waals surface area contributed by atoms with Crippen LogP contribution >= 0.6 is 0 Å². The summed E-state index contributed by atoms with van der Waals surface area (Å²) >= 11 is 0. The zero-order chi connectivity index (χ0) is 20.4. The normalized spacial score (nSPS) is 14.9. The molecule has 0 bridgehead atoms. The molecule has 2 aromatic heterocycles. The maximum atomic E-state index is 13.0. The van der Waals surface area contributed by atoms with Gasteiger partial charge >= 0.3 is 0 Å². The molecule has 5 nitrogen and oxygen atoms in total. The summed E-state index contributed by atoms with van der Waals surface area (Å²) in [6, 6.07) is 10.2. The summed E-state index contributed by atoms with van der Waals surface area (Å²) in [5.41, 5.74) is 4.86. The Balaban J connectivity index is 1.40. The summed E-state index contributed by atoms with van der Waals surface area (Å²) in [5.74, 6) is 0.937. The molecular formula is C23H24FN3O2. The second kappa shape index (κ2) is 8.15. The van der Waals surface area contributed by atoms with E-state index < -0.39 is 0 Å². The lowest BCUT2D eigenvalue weighted by Gasteiger charge is -2.32. The fourth-order valence-electron chi connectivity index (χ4n) is 4.04. The predicted octanol–water partition coefficient (Wildman–Crippen LogP) is 4.44.